The molecule has 0 radical (unpaired) electrons. The summed E-state index contributed by atoms with van der Waals surface area (Å²) in [6.45, 7) is 0.512. The maximum atomic E-state index is 12.0. The fraction of sp³-hybridized carbons (Fsp3) is 0.211. The Bertz CT molecular complexity index is 813. The number of aromatic nitrogens is 3. The molecule has 0 fully saturated rings. The molecule has 128 valence electrons. The van der Waals surface area contributed by atoms with Crippen LogP contribution < -0.4 is 10.1 Å². The smallest absolute Gasteiger partial charge is 0.224 e. The lowest BCUT2D eigenvalue weighted by molar-refractivity contribution is -0.120. The monoisotopic (exact) mass is 336 g/mol. The summed E-state index contributed by atoms with van der Waals surface area (Å²) in [4.78, 5) is 16.4. The van der Waals surface area contributed by atoms with Crippen LogP contribution in [-0.4, -0.2) is 34.7 Å². The molecule has 0 saturated heterocycles. The molecule has 0 saturated carbocycles. The minimum Gasteiger partial charge on any atom is -0.497 e. The van der Waals surface area contributed by atoms with Gasteiger partial charge in [-0.2, -0.15) is 5.10 Å². The van der Waals surface area contributed by atoms with Gasteiger partial charge in [0.15, 0.2) is 5.82 Å². The average molecular weight is 336 g/mol. The van der Waals surface area contributed by atoms with Gasteiger partial charge in [-0.15, -0.1) is 0 Å². The summed E-state index contributed by atoms with van der Waals surface area (Å²) in [6.07, 6.45) is 0.948. The number of amides is 1. The molecule has 25 heavy (non-hydrogen) atoms. The Hall–Kier alpha value is -3.15. The summed E-state index contributed by atoms with van der Waals surface area (Å²) in [5.41, 5.74) is 1.91. The van der Waals surface area contributed by atoms with Crippen LogP contribution in [0.2, 0.25) is 0 Å². The third kappa shape index (κ3) is 4.67. The fourth-order valence-electron chi connectivity index (χ4n) is 2.44. The number of aromatic amines is 1. The van der Waals surface area contributed by atoms with Gasteiger partial charge in [0.2, 0.25) is 5.91 Å². The fourth-order valence-corrected chi connectivity index (χ4v) is 2.44. The number of methoxy groups -OCH3 is 1. The van der Waals surface area contributed by atoms with Crippen LogP contribution in [0.3, 0.4) is 0 Å². The van der Waals surface area contributed by atoms with Crippen molar-refractivity contribution >= 4 is 5.91 Å². The predicted molar refractivity (Wildman–Crippen MR) is 95.2 cm³/mol. The highest BCUT2D eigenvalue weighted by atomic mass is 16.5. The van der Waals surface area contributed by atoms with E-state index < -0.39 is 0 Å². The van der Waals surface area contributed by atoms with E-state index in [4.69, 9.17) is 4.74 Å². The Labute approximate surface area is 146 Å². The highest BCUT2D eigenvalue weighted by Crippen LogP contribution is 2.13. The Balaban J connectivity index is 1.46. The summed E-state index contributed by atoms with van der Waals surface area (Å²) in [7, 11) is 1.62. The maximum absolute atomic E-state index is 12.0. The number of nitrogens with zero attached hydrogens (tertiary/aromatic N) is 2. The van der Waals surface area contributed by atoms with Crippen molar-refractivity contribution in [1.82, 2.24) is 20.5 Å². The van der Waals surface area contributed by atoms with Crippen molar-refractivity contribution in [1.29, 1.82) is 0 Å². The van der Waals surface area contributed by atoms with Gasteiger partial charge < -0.3 is 10.1 Å². The van der Waals surface area contributed by atoms with Crippen LogP contribution in [0.25, 0.3) is 11.4 Å². The van der Waals surface area contributed by atoms with Gasteiger partial charge in [0.25, 0.3) is 0 Å². The lowest BCUT2D eigenvalue weighted by Crippen LogP contribution is -2.27. The second-order valence-corrected chi connectivity index (χ2v) is 5.60. The van der Waals surface area contributed by atoms with Gasteiger partial charge in [-0.3, -0.25) is 9.89 Å². The molecule has 1 heterocycles. The Morgan fingerprint density at radius 3 is 2.60 bits per heavy atom. The number of hydrogen-bond donors (Lipinski definition) is 2. The zero-order valence-corrected chi connectivity index (χ0v) is 14.0. The van der Waals surface area contributed by atoms with Crippen LogP contribution in [0.5, 0.6) is 5.75 Å². The minimum atomic E-state index is -0.0204. The molecule has 0 aliphatic carbocycles. The van der Waals surface area contributed by atoms with Gasteiger partial charge in [-0.25, -0.2) is 4.98 Å². The van der Waals surface area contributed by atoms with E-state index in [1.54, 1.807) is 7.11 Å². The first kappa shape index (κ1) is 16.7. The van der Waals surface area contributed by atoms with Crippen LogP contribution in [0.4, 0.5) is 0 Å². The maximum Gasteiger partial charge on any atom is 0.224 e. The lowest BCUT2D eigenvalue weighted by atomic mass is 10.1. The van der Waals surface area contributed by atoms with Gasteiger partial charge in [0.05, 0.1) is 13.5 Å². The Morgan fingerprint density at radius 1 is 1.12 bits per heavy atom. The number of carbonyl (C=O) groups is 1. The summed E-state index contributed by atoms with van der Waals surface area (Å²) >= 11 is 0. The quantitative estimate of drug-likeness (QED) is 0.694. The Kier molecular flexibility index (Phi) is 5.41. The van der Waals surface area contributed by atoms with Crippen molar-refractivity contribution in [3.05, 3.63) is 66.0 Å². The lowest BCUT2D eigenvalue weighted by Gasteiger charge is -2.05. The third-order valence-electron chi connectivity index (χ3n) is 3.77. The molecule has 1 aromatic heterocycles. The zero-order chi connectivity index (χ0) is 17.5. The summed E-state index contributed by atoms with van der Waals surface area (Å²) in [6, 6.07) is 17.3. The molecule has 0 atom stereocenters. The minimum absolute atomic E-state index is 0.0204. The second-order valence-electron chi connectivity index (χ2n) is 5.60. The molecular formula is C19H20N4O2. The van der Waals surface area contributed by atoms with E-state index in [-0.39, 0.29) is 5.91 Å². The Morgan fingerprint density at radius 2 is 1.88 bits per heavy atom. The molecule has 0 aliphatic rings. The van der Waals surface area contributed by atoms with Crippen LogP contribution in [0, 0.1) is 0 Å². The van der Waals surface area contributed by atoms with Crippen LogP contribution in [0.15, 0.2) is 54.6 Å². The zero-order valence-electron chi connectivity index (χ0n) is 14.0. The SMILES string of the molecule is COc1ccc(CC(=O)NCCc2nc(-c3ccccc3)n[nH]2)cc1. The van der Waals surface area contributed by atoms with Crippen LogP contribution in [0.1, 0.15) is 11.4 Å². The van der Waals surface area contributed by atoms with Crippen molar-refractivity contribution in [3.8, 4) is 17.1 Å². The van der Waals surface area contributed by atoms with Gasteiger partial charge in [-0.1, -0.05) is 42.5 Å². The highest BCUT2D eigenvalue weighted by Gasteiger charge is 2.07. The van der Waals surface area contributed by atoms with Crippen molar-refractivity contribution in [2.45, 2.75) is 12.8 Å². The molecule has 6 nitrogen and oxygen atoms in total. The molecule has 0 spiro atoms. The molecular weight excluding hydrogens is 316 g/mol. The van der Waals surface area contributed by atoms with Gasteiger partial charge in [0.1, 0.15) is 11.6 Å². The highest BCUT2D eigenvalue weighted by molar-refractivity contribution is 5.78. The molecule has 3 rings (SSSR count). The van der Waals surface area contributed by atoms with E-state index in [0.717, 1.165) is 22.7 Å². The number of hydrogen-bond acceptors (Lipinski definition) is 4. The number of rotatable bonds is 7. The van der Waals surface area contributed by atoms with Crippen LogP contribution >= 0.6 is 0 Å². The number of benzene rings is 2. The van der Waals surface area contributed by atoms with Crippen molar-refractivity contribution in [2.24, 2.45) is 0 Å². The molecule has 1 amide bonds. The van der Waals surface area contributed by atoms with E-state index in [9.17, 15) is 4.79 Å². The normalized spacial score (nSPS) is 10.4. The van der Waals surface area contributed by atoms with E-state index in [1.807, 2.05) is 54.6 Å². The van der Waals surface area contributed by atoms with Gasteiger partial charge >= 0.3 is 0 Å². The van der Waals surface area contributed by atoms with E-state index in [0.29, 0.717) is 25.2 Å². The first-order valence-corrected chi connectivity index (χ1v) is 8.11. The average Bonchev–Trinajstić information content (AvgIpc) is 3.12. The third-order valence-corrected chi connectivity index (χ3v) is 3.77. The summed E-state index contributed by atoms with van der Waals surface area (Å²) in [5, 5.41) is 10.0. The first-order valence-electron chi connectivity index (χ1n) is 8.11. The van der Waals surface area contributed by atoms with E-state index in [1.165, 1.54) is 0 Å². The molecule has 2 aromatic carbocycles. The van der Waals surface area contributed by atoms with Gasteiger partial charge in [0, 0.05) is 18.5 Å². The molecule has 3 aromatic rings. The van der Waals surface area contributed by atoms with Gasteiger partial charge in [-0.05, 0) is 17.7 Å². The molecule has 6 heteroatoms. The molecule has 0 bridgehead atoms. The topological polar surface area (TPSA) is 79.9 Å². The van der Waals surface area contributed by atoms with Crippen molar-refractivity contribution < 1.29 is 9.53 Å². The van der Waals surface area contributed by atoms with Crippen molar-refractivity contribution in [3.63, 3.8) is 0 Å². The number of carbonyl (C=O) groups excluding carboxylic acids is 1. The molecule has 2 N–H and O–H groups in total. The van der Waals surface area contributed by atoms with E-state index in [2.05, 4.69) is 20.5 Å². The summed E-state index contributed by atoms with van der Waals surface area (Å²) in [5.74, 6) is 2.18. The largest absolute Gasteiger partial charge is 0.497 e. The first-order chi connectivity index (χ1) is 12.2. The van der Waals surface area contributed by atoms with Crippen molar-refractivity contribution in [2.75, 3.05) is 13.7 Å². The predicted octanol–water partition coefficient (Wildman–Crippen LogP) is 2.38. The number of nitrogens with one attached hydrogen (secondary N) is 2. The standard InChI is InChI=1S/C19H20N4O2/c1-25-16-9-7-14(8-10-16)13-18(24)20-12-11-17-21-19(23-22-17)15-5-3-2-4-6-15/h2-10H,11-13H2,1H3,(H,20,24)(H,21,22,23). The second kappa shape index (κ2) is 8.10. The molecule has 0 aliphatic heterocycles. The number of ether oxygens (including phenoxy) is 1. The molecule has 0 unspecified atom stereocenters. The van der Waals surface area contributed by atoms with Crippen LogP contribution in [-0.2, 0) is 17.6 Å². The number of H-pyrrole nitrogens is 1. The van der Waals surface area contributed by atoms with E-state index >= 15 is 0 Å². The summed E-state index contributed by atoms with van der Waals surface area (Å²) < 4.78 is 5.11.